The molecule has 3 rings (SSSR count). The van der Waals surface area contributed by atoms with Gasteiger partial charge in [0.2, 0.25) is 11.8 Å². The highest BCUT2D eigenvalue weighted by Gasteiger charge is 2.26. The van der Waals surface area contributed by atoms with Gasteiger partial charge < -0.3 is 15.4 Å². The van der Waals surface area contributed by atoms with Gasteiger partial charge in [0, 0.05) is 13.0 Å². The number of rotatable bonds is 6. The first kappa shape index (κ1) is 17.0. The Labute approximate surface area is 145 Å². The minimum Gasteiger partial charge on any atom is -0.454 e. The number of nitrogens with one attached hydrogen (secondary N) is 2. The van der Waals surface area contributed by atoms with E-state index in [9.17, 15) is 14.0 Å². The zero-order valence-corrected chi connectivity index (χ0v) is 13.6. The highest BCUT2D eigenvalue weighted by Crippen LogP contribution is 2.25. The second kappa shape index (κ2) is 7.79. The molecule has 1 heterocycles. The van der Waals surface area contributed by atoms with E-state index in [1.807, 2.05) is 18.2 Å². The van der Waals surface area contributed by atoms with Crippen LogP contribution in [0.2, 0.25) is 0 Å². The Bertz CT molecular complexity index is 765. The molecule has 5 nitrogen and oxygen atoms in total. The van der Waals surface area contributed by atoms with E-state index in [2.05, 4.69) is 10.6 Å². The van der Waals surface area contributed by atoms with Crippen LogP contribution in [0.3, 0.4) is 0 Å². The highest BCUT2D eigenvalue weighted by molar-refractivity contribution is 5.90. The van der Waals surface area contributed by atoms with Gasteiger partial charge >= 0.3 is 0 Å². The number of hydrogen-bond acceptors (Lipinski definition) is 3. The molecule has 130 valence electrons. The van der Waals surface area contributed by atoms with Crippen molar-refractivity contribution in [2.75, 3.05) is 6.54 Å². The summed E-state index contributed by atoms with van der Waals surface area (Å²) in [5, 5.41) is 5.37. The van der Waals surface area contributed by atoms with Gasteiger partial charge in [-0.2, -0.15) is 0 Å². The van der Waals surface area contributed by atoms with Crippen LogP contribution >= 0.6 is 0 Å². The van der Waals surface area contributed by atoms with Gasteiger partial charge in [0.05, 0.1) is 0 Å². The van der Waals surface area contributed by atoms with Crippen LogP contribution in [-0.4, -0.2) is 24.4 Å². The van der Waals surface area contributed by atoms with Crippen molar-refractivity contribution in [2.45, 2.75) is 25.3 Å². The van der Waals surface area contributed by atoms with Crippen LogP contribution in [0.1, 0.15) is 18.4 Å². The van der Waals surface area contributed by atoms with E-state index in [1.54, 1.807) is 24.3 Å². The second-order valence-corrected chi connectivity index (χ2v) is 5.88. The molecule has 1 atom stereocenters. The van der Waals surface area contributed by atoms with Gasteiger partial charge in [0.25, 0.3) is 0 Å². The number of benzene rings is 2. The van der Waals surface area contributed by atoms with Crippen LogP contribution in [0.15, 0.2) is 48.5 Å². The molecule has 25 heavy (non-hydrogen) atoms. The summed E-state index contributed by atoms with van der Waals surface area (Å²) < 4.78 is 19.6. The largest absolute Gasteiger partial charge is 0.454 e. The Morgan fingerprint density at radius 2 is 2.04 bits per heavy atom. The second-order valence-electron chi connectivity index (χ2n) is 5.88. The van der Waals surface area contributed by atoms with Crippen LogP contribution in [0, 0.1) is 5.82 Å². The van der Waals surface area contributed by atoms with E-state index < -0.39 is 11.9 Å². The van der Waals surface area contributed by atoms with Crippen molar-refractivity contribution in [3.8, 4) is 11.5 Å². The molecule has 0 radical (unpaired) electrons. The fourth-order valence-corrected chi connectivity index (χ4v) is 2.66. The van der Waals surface area contributed by atoms with E-state index in [4.69, 9.17) is 4.74 Å². The van der Waals surface area contributed by atoms with Crippen molar-refractivity contribution in [1.29, 1.82) is 0 Å². The van der Waals surface area contributed by atoms with Crippen LogP contribution < -0.4 is 15.4 Å². The van der Waals surface area contributed by atoms with Crippen LogP contribution in [-0.2, 0) is 16.0 Å². The quantitative estimate of drug-likeness (QED) is 0.848. The van der Waals surface area contributed by atoms with Gasteiger partial charge in [-0.25, -0.2) is 4.39 Å². The highest BCUT2D eigenvalue weighted by atomic mass is 19.1. The Balaban J connectivity index is 1.51. The maximum Gasteiger partial charge on any atom is 0.242 e. The molecule has 0 bridgehead atoms. The molecule has 0 saturated carbocycles. The van der Waals surface area contributed by atoms with E-state index in [0.29, 0.717) is 31.6 Å². The fourth-order valence-electron chi connectivity index (χ4n) is 2.66. The lowest BCUT2D eigenvalue weighted by atomic mass is 10.1. The molecule has 2 aromatic carbocycles. The number of ether oxygens (including phenoxy) is 1. The summed E-state index contributed by atoms with van der Waals surface area (Å²) in [5.74, 6) is -0.0185. The third-order valence-electron chi connectivity index (χ3n) is 3.99. The number of para-hydroxylation sites is 1. The fraction of sp³-hybridized carbons (Fsp3) is 0.263. The standard InChI is InChI=1S/C19H19FN2O3/c20-15-12-13(6-8-17(15)25-14-4-2-1-3-5-14)10-11-21-19(24)16-7-9-18(23)22-16/h1-6,8,12,16H,7,9-11H2,(H,21,24)(H,22,23)/t16-/m0/s1. The Hall–Kier alpha value is -2.89. The van der Waals surface area contributed by atoms with Crippen molar-refractivity contribution in [1.82, 2.24) is 10.6 Å². The zero-order valence-electron chi connectivity index (χ0n) is 13.6. The summed E-state index contributed by atoms with van der Waals surface area (Å²) in [6.45, 7) is 0.379. The van der Waals surface area contributed by atoms with E-state index >= 15 is 0 Å². The predicted molar refractivity (Wildman–Crippen MR) is 90.8 cm³/mol. The minimum atomic E-state index is -0.453. The number of hydrogen-bond donors (Lipinski definition) is 2. The van der Waals surface area contributed by atoms with Crippen molar-refractivity contribution in [2.24, 2.45) is 0 Å². The molecule has 6 heteroatoms. The maximum atomic E-state index is 14.2. The molecule has 1 aliphatic rings. The maximum absolute atomic E-state index is 14.2. The van der Waals surface area contributed by atoms with Crippen molar-refractivity contribution in [3.63, 3.8) is 0 Å². The normalized spacial score (nSPS) is 16.4. The Kier molecular flexibility index (Phi) is 5.28. The first-order valence-electron chi connectivity index (χ1n) is 8.20. The average molecular weight is 342 g/mol. The molecule has 2 N–H and O–H groups in total. The van der Waals surface area contributed by atoms with Crippen molar-refractivity contribution >= 4 is 11.8 Å². The summed E-state index contributed by atoms with van der Waals surface area (Å²) in [6.07, 6.45) is 1.39. The number of carbonyl (C=O) groups excluding carboxylic acids is 2. The van der Waals surface area contributed by atoms with Crippen LogP contribution in [0.25, 0.3) is 0 Å². The van der Waals surface area contributed by atoms with Gasteiger partial charge in [0.15, 0.2) is 11.6 Å². The lowest BCUT2D eigenvalue weighted by molar-refractivity contribution is -0.125. The lowest BCUT2D eigenvalue weighted by Gasteiger charge is -2.11. The zero-order chi connectivity index (χ0) is 17.6. The first-order chi connectivity index (χ1) is 12.1. The monoisotopic (exact) mass is 342 g/mol. The summed E-state index contributed by atoms with van der Waals surface area (Å²) in [5.41, 5.74) is 0.758. The summed E-state index contributed by atoms with van der Waals surface area (Å²) in [7, 11) is 0. The lowest BCUT2D eigenvalue weighted by Crippen LogP contribution is -2.42. The molecule has 0 aliphatic carbocycles. The van der Waals surface area contributed by atoms with E-state index in [0.717, 1.165) is 5.56 Å². The third-order valence-corrected chi connectivity index (χ3v) is 3.99. The predicted octanol–water partition coefficient (Wildman–Crippen LogP) is 2.56. The third kappa shape index (κ3) is 4.56. The first-order valence-corrected chi connectivity index (χ1v) is 8.20. The summed E-state index contributed by atoms with van der Waals surface area (Å²) in [4.78, 5) is 23.0. The molecule has 2 aromatic rings. The van der Waals surface area contributed by atoms with Gasteiger partial charge in [-0.15, -0.1) is 0 Å². The van der Waals surface area contributed by atoms with Gasteiger partial charge in [-0.3, -0.25) is 9.59 Å². The molecule has 1 aliphatic heterocycles. The molecule has 1 saturated heterocycles. The smallest absolute Gasteiger partial charge is 0.242 e. The molecule has 0 unspecified atom stereocenters. The van der Waals surface area contributed by atoms with Crippen LogP contribution in [0.4, 0.5) is 4.39 Å². The minimum absolute atomic E-state index is 0.101. The average Bonchev–Trinajstić information content (AvgIpc) is 3.05. The topological polar surface area (TPSA) is 67.4 Å². The van der Waals surface area contributed by atoms with Gasteiger partial charge in [-0.1, -0.05) is 24.3 Å². The number of amides is 2. The van der Waals surface area contributed by atoms with E-state index in [1.165, 1.54) is 6.07 Å². The molecular formula is C19H19FN2O3. The summed E-state index contributed by atoms with van der Waals surface area (Å²) in [6, 6.07) is 13.3. The van der Waals surface area contributed by atoms with Crippen LogP contribution in [0.5, 0.6) is 11.5 Å². The van der Waals surface area contributed by atoms with Crippen molar-refractivity contribution < 1.29 is 18.7 Å². The number of carbonyl (C=O) groups is 2. The van der Waals surface area contributed by atoms with Crippen molar-refractivity contribution in [3.05, 3.63) is 59.9 Å². The molecule has 0 aromatic heterocycles. The Morgan fingerprint density at radius 1 is 1.24 bits per heavy atom. The molecule has 0 spiro atoms. The SMILES string of the molecule is O=C1CC[C@@H](C(=O)NCCc2ccc(Oc3ccccc3)c(F)c2)N1. The molecule has 1 fully saturated rings. The van der Waals surface area contributed by atoms with Gasteiger partial charge in [0.1, 0.15) is 11.8 Å². The number of halogens is 1. The molecule has 2 amide bonds. The molecular weight excluding hydrogens is 323 g/mol. The van der Waals surface area contributed by atoms with E-state index in [-0.39, 0.29) is 17.6 Å². The van der Waals surface area contributed by atoms with Gasteiger partial charge in [-0.05, 0) is 42.7 Å². The summed E-state index contributed by atoms with van der Waals surface area (Å²) >= 11 is 0. The Morgan fingerprint density at radius 3 is 2.72 bits per heavy atom.